The zero-order valence-electron chi connectivity index (χ0n) is 13.1. The molecular formula is C15H23N5O. The van der Waals surface area contributed by atoms with E-state index in [4.69, 9.17) is 0 Å². The van der Waals surface area contributed by atoms with E-state index in [9.17, 15) is 4.79 Å². The van der Waals surface area contributed by atoms with Crippen LogP contribution in [-0.2, 0) is 18.4 Å². The zero-order chi connectivity index (χ0) is 15.4. The van der Waals surface area contributed by atoms with Gasteiger partial charge in [-0.1, -0.05) is 6.92 Å². The van der Waals surface area contributed by atoms with Crippen LogP contribution in [0.1, 0.15) is 31.5 Å². The van der Waals surface area contributed by atoms with E-state index in [2.05, 4.69) is 26.8 Å². The number of nitrogens with zero attached hydrogens (tertiary/aromatic N) is 3. The summed E-state index contributed by atoms with van der Waals surface area (Å²) in [4.78, 5) is 16.2. The third-order valence-electron chi connectivity index (χ3n) is 3.47. The van der Waals surface area contributed by atoms with E-state index in [1.807, 2.05) is 34.0 Å². The maximum atomic E-state index is 11.8. The second-order valence-electron chi connectivity index (χ2n) is 5.32. The Labute approximate surface area is 124 Å². The van der Waals surface area contributed by atoms with Crippen LogP contribution in [0.5, 0.6) is 0 Å². The summed E-state index contributed by atoms with van der Waals surface area (Å²) in [6, 6.07) is 1.86. The van der Waals surface area contributed by atoms with Crippen LogP contribution in [0.2, 0.25) is 0 Å². The van der Waals surface area contributed by atoms with Crippen molar-refractivity contribution in [1.29, 1.82) is 0 Å². The number of nitrogens with one attached hydrogen (secondary N) is 2. The van der Waals surface area contributed by atoms with Crippen LogP contribution in [0.25, 0.3) is 11.0 Å². The van der Waals surface area contributed by atoms with Crippen LogP contribution in [0.3, 0.4) is 0 Å². The standard InChI is InChI=1S/C15H23N5O/c1-5-6-16-15(21)11(3)17-8-12-7-13-10(2)19-20(4)14(13)18-9-12/h7,9,11,17H,5-6,8H2,1-4H3,(H,16,21). The lowest BCUT2D eigenvalue weighted by Crippen LogP contribution is -2.42. The van der Waals surface area contributed by atoms with Crippen molar-refractivity contribution >= 4 is 16.9 Å². The Bertz CT molecular complexity index is 634. The van der Waals surface area contributed by atoms with Gasteiger partial charge in [0.1, 0.15) is 0 Å². The lowest BCUT2D eigenvalue weighted by atomic mass is 10.2. The molecule has 0 bridgehead atoms. The molecule has 1 amide bonds. The summed E-state index contributed by atoms with van der Waals surface area (Å²) >= 11 is 0. The van der Waals surface area contributed by atoms with Crippen LogP contribution in [0.4, 0.5) is 0 Å². The molecule has 21 heavy (non-hydrogen) atoms. The summed E-state index contributed by atoms with van der Waals surface area (Å²) in [6.45, 7) is 7.20. The normalized spacial score (nSPS) is 12.6. The first-order valence-corrected chi connectivity index (χ1v) is 7.32. The Balaban J connectivity index is 2.00. The highest BCUT2D eigenvalue weighted by Crippen LogP contribution is 2.16. The Morgan fingerprint density at radius 3 is 2.95 bits per heavy atom. The molecule has 0 saturated carbocycles. The number of fused-ring (bicyclic) bond motifs is 1. The highest BCUT2D eigenvalue weighted by atomic mass is 16.2. The first-order chi connectivity index (χ1) is 10.0. The minimum Gasteiger partial charge on any atom is -0.355 e. The van der Waals surface area contributed by atoms with Gasteiger partial charge in [0.25, 0.3) is 0 Å². The molecule has 2 aromatic heterocycles. The molecule has 1 unspecified atom stereocenters. The Kier molecular flexibility index (Phi) is 4.90. The van der Waals surface area contributed by atoms with Crippen LogP contribution in [0.15, 0.2) is 12.3 Å². The predicted molar refractivity (Wildman–Crippen MR) is 82.8 cm³/mol. The molecule has 2 rings (SSSR count). The summed E-state index contributed by atoms with van der Waals surface area (Å²) < 4.78 is 1.78. The molecular weight excluding hydrogens is 266 g/mol. The summed E-state index contributed by atoms with van der Waals surface area (Å²) in [5.74, 6) is 0.0310. The predicted octanol–water partition coefficient (Wildman–Crippen LogP) is 1.28. The SMILES string of the molecule is CCCNC(=O)C(C)NCc1cnc2c(c1)c(C)nn2C. The molecule has 0 aromatic carbocycles. The van der Waals surface area contributed by atoms with Gasteiger partial charge in [-0.15, -0.1) is 0 Å². The Morgan fingerprint density at radius 1 is 1.48 bits per heavy atom. The topological polar surface area (TPSA) is 71.8 Å². The number of carbonyl (C=O) groups excluding carboxylic acids is 1. The minimum atomic E-state index is -0.220. The number of carbonyl (C=O) groups is 1. The smallest absolute Gasteiger partial charge is 0.236 e. The van der Waals surface area contributed by atoms with E-state index in [0.717, 1.165) is 28.7 Å². The second kappa shape index (κ2) is 6.67. The zero-order valence-corrected chi connectivity index (χ0v) is 13.1. The Hall–Kier alpha value is -1.95. The highest BCUT2D eigenvalue weighted by Gasteiger charge is 2.12. The van der Waals surface area contributed by atoms with Gasteiger partial charge in [0.15, 0.2) is 5.65 Å². The average Bonchev–Trinajstić information content (AvgIpc) is 2.76. The van der Waals surface area contributed by atoms with Gasteiger partial charge in [0.2, 0.25) is 5.91 Å². The van der Waals surface area contributed by atoms with Gasteiger partial charge in [-0.25, -0.2) is 4.98 Å². The fraction of sp³-hybridized carbons (Fsp3) is 0.533. The molecule has 0 spiro atoms. The van der Waals surface area contributed by atoms with Crippen molar-refractivity contribution in [2.75, 3.05) is 6.54 Å². The number of aromatic nitrogens is 3. The fourth-order valence-electron chi connectivity index (χ4n) is 2.21. The molecule has 114 valence electrons. The maximum Gasteiger partial charge on any atom is 0.236 e. The molecule has 2 heterocycles. The largest absolute Gasteiger partial charge is 0.355 e. The molecule has 2 aromatic rings. The molecule has 1 atom stereocenters. The molecule has 0 saturated heterocycles. The van der Waals surface area contributed by atoms with Gasteiger partial charge in [-0.2, -0.15) is 5.10 Å². The van der Waals surface area contributed by atoms with Crippen molar-refractivity contribution in [3.63, 3.8) is 0 Å². The fourth-order valence-corrected chi connectivity index (χ4v) is 2.21. The number of pyridine rings is 1. The molecule has 2 N–H and O–H groups in total. The molecule has 0 radical (unpaired) electrons. The summed E-state index contributed by atoms with van der Waals surface area (Å²) in [5, 5.41) is 11.5. The Morgan fingerprint density at radius 2 is 2.24 bits per heavy atom. The van der Waals surface area contributed by atoms with E-state index in [1.54, 1.807) is 4.68 Å². The van der Waals surface area contributed by atoms with Gasteiger partial charge in [-0.3, -0.25) is 9.48 Å². The van der Waals surface area contributed by atoms with E-state index in [-0.39, 0.29) is 11.9 Å². The van der Waals surface area contributed by atoms with Gasteiger partial charge in [0.05, 0.1) is 11.7 Å². The van der Waals surface area contributed by atoms with Crippen LogP contribution in [0, 0.1) is 6.92 Å². The van der Waals surface area contributed by atoms with Gasteiger partial charge in [-0.05, 0) is 31.9 Å². The van der Waals surface area contributed by atoms with Crippen LogP contribution in [-0.4, -0.2) is 33.3 Å². The van der Waals surface area contributed by atoms with E-state index < -0.39 is 0 Å². The van der Waals surface area contributed by atoms with E-state index in [0.29, 0.717) is 13.1 Å². The van der Waals surface area contributed by atoms with E-state index in [1.165, 1.54) is 0 Å². The summed E-state index contributed by atoms with van der Waals surface area (Å²) in [7, 11) is 1.89. The first kappa shape index (κ1) is 15.4. The first-order valence-electron chi connectivity index (χ1n) is 7.32. The van der Waals surface area contributed by atoms with Crippen molar-refractivity contribution in [2.45, 2.75) is 39.8 Å². The van der Waals surface area contributed by atoms with Crippen molar-refractivity contribution in [1.82, 2.24) is 25.4 Å². The maximum absolute atomic E-state index is 11.8. The average molecular weight is 289 g/mol. The van der Waals surface area contributed by atoms with Crippen molar-refractivity contribution in [2.24, 2.45) is 7.05 Å². The van der Waals surface area contributed by atoms with Crippen molar-refractivity contribution < 1.29 is 4.79 Å². The monoisotopic (exact) mass is 289 g/mol. The van der Waals surface area contributed by atoms with Crippen LogP contribution < -0.4 is 10.6 Å². The molecule has 0 aliphatic heterocycles. The van der Waals surface area contributed by atoms with Gasteiger partial charge < -0.3 is 10.6 Å². The number of hydrogen-bond acceptors (Lipinski definition) is 4. The molecule has 0 fully saturated rings. The quantitative estimate of drug-likeness (QED) is 0.840. The van der Waals surface area contributed by atoms with Crippen molar-refractivity contribution in [3.05, 3.63) is 23.5 Å². The summed E-state index contributed by atoms with van der Waals surface area (Å²) in [6.07, 6.45) is 2.77. The van der Waals surface area contributed by atoms with Gasteiger partial charge in [0, 0.05) is 31.7 Å². The molecule has 6 nitrogen and oxygen atoms in total. The lowest BCUT2D eigenvalue weighted by molar-refractivity contribution is -0.122. The third-order valence-corrected chi connectivity index (χ3v) is 3.47. The number of aryl methyl sites for hydroxylation is 2. The third kappa shape index (κ3) is 3.58. The van der Waals surface area contributed by atoms with Crippen LogP contribution >= 0.6 is 0 Å². The highest BCUT2D eigenvalue weighted by molar-refractivity contribution is 5.81. The van der Waals surface area contributed by atoms with E-state index >= 15 is 0 Å². The second-order valence-corrected chi connectivity index (χ2v) is 5.32. The number of hydrogen-bond donors (Lipinski definition) is 2. The molecule has 6 heteroatoms. The molecule has 0 aliphatic rings. The minimum absolute atomic E-state index is 0.0310. The van der Waals surface area contributed by atoms with Crippen molar-refractivity contribution in [3.8, 4) is 0 Å². The lowest BCUT2D eigenvalue weighted by Gasteiger charge is -2.13. The van der Waals surface area contributed by atoms with Gasteiger partial charge >= 0.3 is 0 Å². The number of rotatable bonds is 6. The molecule has 0 aliphatic carbocycles. The number of amides is 1. The summed E-state index contributed by atoms with van der Waals surface area (Å²) in [5.41, 5.74) is 2.90.